The second-order valence-electron chi connectivity index (χ2n) is 21.0. The molecule has 374 valence electrons. The lowest BCUT2D eigenvalue weighted by Gasteiger charge is -2.18. The zero-order chi connectivity index (χ0) is 46.3. The van der Waals surface area contributed by atoms with Crippen molar-refractivity contribution in [2.24, 2.45) is 17.8 Å². The van der Waals surface area contributed by atoms with Crippen LogP contribution in [0, 0.1) is 17.8 Å². The molecule has 63 heavy (non-hydrogen) atoms. The van der Waals surface area contributed by atoms with Crippen LogP contribution >= 0.6 is 0 Å². The highest BCUT2D eigenvalue weighted by Crippen LogP contribution is 2.18. The van der Waals surface area contributed by atoms with Crippen molar-refractivity contribution in [1.29, 1.82) is 0 Å². The highest BCUT2D eigenvalue weighted by atomic mass is 16.6. The van der Waals surface area contributed by atoms with Gasteiger partial charge in [0.15, 0.2) is 6.10 Å². The van der Waals surface area contributed by atoms with Crippen molar-refractivity contribution < 1.29 is 28.6 Å². The standard InChI is InChI=1S/C57H110O6/c1-51(2)43-37-31-25-21-17-13-9-7-8-10-15-19-23-27-34-40-46-55(58)61-49-54(50-62-56(59)47-41-35-30-29-33-39-45-53(5)6)63-57(60)48-42-36-28-24-20-16-12-11-14-18-22-26-32-38-44-52(3)4/h51-54H,7-50H2,1-6H3/t54-/m0/s1. The van der Waals surface area contributed by atoms with Gasteiger partial charge in [-0.25, -0.2) is 0 Å². The number of unbranched alkanes of at least 4 members (excludes halogenated alkanes) is 33. The molecule has 0 amide bonds. The average molecular weight is 892 g/mol. The van der Waals surface area contributed by atoms with E-state index in [2.05, 4.69) is 41.5 Å². The van der Waals surface area contributed by atoms with Crippen LogP contribution in [0.2, 0.25) is 0 Å². The topological polar surface area (TPSA) is 78.9 Å². The number of esters is 3. The summed E-state index contributed by atoms with van der Waals surface area (Å²) in [6, 6.07) is 0. The molecule has 0 aliphatic rings. The Bertz CT molecular complexity index is 976. The Morgan fingerprint density at radius 2 is 0.460 bits per heavy atom. The van der Waals surface area contributed by atoms with E-state index in [-0.39, 0.29) is 31.1 Å². The Kier molecular flexibility index (Phi) is 47.1. The summed E-state index contributed by atoms with van der Waals surface area (Å²) < 4.78 is 16.8. The molecule has 0 bridgehead atoms. The van der Waals surface area contributed by atoms with Crippen molar-refractivity contribution in [1.82, 2.24) is 0 Å². The SMILES string of the molecule is CC(C)CCCCCCCCCCCCCCCCCCC(=O)OC[C@@H](COC(=O)CCCCCCCCC(C)C)OC(=O)CCCCCCCCCCCCCCCCC(C)C. The second kappa shape index (κ2) is 48.3. The lowest BCUT2D eigenvalue weighted by atomic mass is 10.0. The third-order valence-corrected chi connectivity index (χ3v) is 12.9. The smallest absolute Gasteiger partial charge is 0.306 e. The van der Waals surface area contributed by atoms with Crippen molar-refractivity contribution in [3.05, 3.63) is 0 Å². The van der Waals surface area contributed by atoms with Crippen molar-refractivity contribution >= 4 is 17.9 Å². The first-order chi connectivity index (χ1) is 30.6. The molecule has 0 saturated heterocycles. The highest BCUT2D eigenvalue weighted by Gasteiger charge is 2.19. The van der Waals surface area contributed by atoms with Gasteiger partial charge in [-0.05, 0) is 37.0 Å². The van der Waals surface area contributed by atoms with E-state index in [1.54, 1.807) is 0 Å². The Morgan fingerprint density at radius 1 is 0.270 bits per heavy atom. The molecule has 0 aromatic rings. The van der Waals surface area contributed by atoms with Gasteiger partial charge >= 0.3 is 17.9 Å². The van der Waals surface area contributed by atoms with Crippen LogP contribution in [0.25, 0.3) is 0 Å². The number of hydrogen-bond donors (Lipinski definition) is 0. The molecule has 0 spiro atoms. The molecule has 0 radical (unpaired) electrons. The maximum absolute atomic E-state index is 12.8. The van der Waals surface area contributed by atoms with Crippen molar-refractivity contribution in [3.63, 3.8) is 0 Å². The molecule has 0 rings (SSSR count). The summed E-state index contributed by atoms with van der Waals surface area (Å²) in [5.41, 5.74) is 0. The Labute approximate surface area is 393 Å². The molecule has 0 heterocycles. The van der Waals surface area contributed by atoms with Gasteiger partial charge in [-0.15, -0.1) is 0 Å². The summed E-state index contributed by atoms with van der Waals surface area (Å²) in [6.07, 6.45) is 49.7. The van der Waals surface area contributed by atoms with Crippen LogP contribution in [-0.2, 0) is 28.6 Å². The Hall–Kier alpha value is -1.59. The van der Waals surface area contributed by atoms with Crippen LogP contribution < -0.4 is 0 Å². The van der Waals surface area contributed by atoms with Gasteiger partial charge in [0.25, 0.3) is 0 Å². The van der Waals surface area contributed by atoms with E-state index < -0.39 is 6.10 Å². The summed E-state index contributed by atoms with van der Waals surface area (Å²) in [6.45, 7) is 13.7. The molecular weight excluding hydrogens is 781 g/mol. The molecule has 0 aliphatic carbocycles. The third-order valence-electron chi connectivity index (χ3n) is 12.9. The minimum atomic E-state index is -0.763. The maximum atomic E-state index is 12.8. The van der Waals surface area contributed by atoms with Gasteiger partial charge < -0.3 is 14.2 Å². The minimum absolute atomic E-state index is 0.0645. The van der Waals surface area contributed by atoms with E-state index in [0.717, 1.165) is 75.5 Å². The highest BCUT2D eigenvalue weighted by molar-refractivity contribution is 5.71. The van der Waals surface area contributed by atoms with Gasteiger partial charge in [0, 0.05) is 19.3 Å². The first-order valence-electron chi connectivity index (χ1n) is 28.1. The van der Waals surface area contributed by atoms with E-state index in [4.69, 9.17) is 14.2 Å². The molecular formula is C57H110O6. The Balaban J connectivity index is 4.22. The van der Waals surface area contributed by atoms with Gasteiger partial charge in [-0.1, -0.05) is 273 Å². The normalized spacial score (nSPS) is 12.1. The average Bonchev–Trinajstić information content (AvgIpc) is 3.24. The van der Waals surface area contributed by atoms with E-state index in [9.17, 15) is 14.4 Å². The number of ether oxygens (including phenoxy) is 3. The van der Waals surface area contributed by atoms with Gasteiger partial charge in [0.1, 0.15) is 13.2 Å². The van der Waals surface area contributed by atoms with Crippen LogP contribution in [-0.4, -0.2) is 37.2 Å². The summed E-state index contributed by atoms with van der Waals surface area (Å²) >= 11 is 0. The Morgan fingerprint density at radius 3 is 0.683 bits per heavy atom. The number of carbonyl (C=O) groups is 3. The van der Waals surface area contributed by atoms with Crippen LogP contribution in [0.3, 0.4) is 0 Å². The third kappa shape index (κ3) is 51.3. The monoisotopic (exact) mass is 891 g/mol. The van der Waals surface area contributed by atoms with Crippen molar-refractivity contribution in [2.75, 3.05) is 13.2 Å². The van der Waals surface area contributed by atoms with E-state index in [1.165, 1.54) is 193 Å². The molecule has 0 N–H and O–H groups in total. The predicted octanol–water partition coefficient (Wildman–Crippen LogP) is 18.3. The first kappa shape index (κ1) is 61.4. The number of hydrogen-bond acceptors (Lipinski definition) is 6. The summed E-state index contributed by atoms with van der Waals surface area (Å²) in [7, 11) is 0. The maximum Gasteiger partial charge on any atom is 0.306 e. The summed E-state index contributed by atoms with van der Waals surface area (Å²) in [5.74, 6) is 1.61. The zero-order valence-corrected chi connectivity index (χ0v) is 43.4. The summed E-state index contributed by atoms with van der Waals surface area (Å²) in [4.78, 5) is 38.0. The molecule has 0 aromatic carbocycles. The number of carbonyl (C=O) groups excluding carboxylic acids is 3. The fourth-order valence-electron chi connectivity index (χ4n) is 8.65. The van der Waals surface area contributed by atoms with Crippen LogP contribution in [0.15, 0.2) is 0 Å². The van der Waals surface area contributed by atoms with Crippen molar-refractivity contribution in [3.8, 4) is 0 Å². The van der Waals surface area contributed by atoms with E-state index >= 15 is 0 Å². The second-order valence-corrected chi connectivity index (χ2v) is 21.0. The lowest BCUT2D eigenvalue weighted by molar-refractivity contribution is -0.167. The molecule has 0 unspecified atom stereocenters. The molecule has 6 heteroatoms. The fourth-order valence-corrected chi connectivity index (χ4v) is 8.65. The van der Waals surface area contributed by atoms with E-state index in [0.29, 0.717) is 19.3 Å². The predicted molar refractivity (Wildman–Crippen MR) is 270 cm³/mol. The lowest BCUT2D eigenvalue weighted by Crippen LogP contribution is -2.30. The largest absolute Gasteiger partial charge is 0.462 e. The first-order valence-corrected chi connectivity index (χ1v) is 28.1. The van der Waals surface area contributed by atoms with Crippen LogP contribution in [0.5, 0.6) is 0 Å². The quantitative estimate of drug-likeness (QED) is 0.0344. The zero-order valence-electron chi connectivity index (χ0n) is 43.4. The fraction of sp³-hybridized carbons (Fsp3) is 0.947. The molecule has 1 atom stereocenters. The molecule has 0 saturated carbocycles. The van der Waals surface area contributed by atoms with Gasteiger partial charge in [-0.2, -0.15) is 0 Å². The van der Waals surface area contributed by atoms with Crippen molar-refractivity contribution in [2.45, 2.75) is 317 Å². The van der Waals surface area contributed by atoms with Gasteiger partial charge in [0.05, 0.1) is 0 Å². The van der Waals surface area contributed by atoms with Gasteiger partial charge in [0.2, 0.25) is 0 Å². The van der Waals surface area contributed by atoms with Crippen LogP contribution in [0.4, 0.5) is 0 Å². The summed E-state index contributed by atoms with van der Waals surface area (Å²) in [5, 5.41) is 0. The molecule has 0 aliphatic heterocycles. The number of rotatable bonds is 50. The molecule has 0 aromatic heterocycles. The molecule has 6 nitrogen and oxygen atoms in total. The van der Waals surface area contributed by atoms with E-state index in [1.807, 2.05) is 0 Å². The minimum Gasteiger partial charge on any atom is -0.462 e. The van der Waals surface area contributed by atoms with Crippen LogP contribution in [0.1, 0.15) is 311 Å². The van der Waals surface area contributed by atoms with Gasteiger partial charge in [-0.3, -0.25) is 14.4 Å². The molecule has 0 fully saturated rings.